The number of nitriles is 1. The maximum absolute atomic E-state index is 13.2. The summed E-state index contributed by atoms with van der Waals surface area (Å²) in [5.74, 6) is 0.761. The van der Waals surface area contributed by atoms with Crippen molar-refractivity contribution in [3.63, 3.8) is 0 Å². The molecular weight excluding hydrogens is 516 g/mol. The highest BCUT2D eigenvalue weighted by atomic mass is 32.2. The number of hydrogen-bond donors (Lipinski definition) is 0. The van der Waals surface area contributed by atoms with Gasteiger partial charge in [0.05, 0.1) is 29.5 Å². The van der Waals surface area contributed by atoms with E-state index in [1.807, 2.05) is 28.8 Å². The molecule has 0 amide bonds. The van der Waals surface area contributed by atoms with Gasteiger partial charge in [0.15, 0.2) is 9.84 Å². The van der Waals surface area contributed by atoms with E-state index in [-0.39, 0.29) is 23.3 Å². The summed E-state index contributed by atoms with van der Waals surface area (Å²) in [6, 6.07) is 30.8. The summed E-state index contributed by atoms with van der Waals surface area (Å²) in [6.45, 7) is 3.30. The van der Waals surface area contributed by atoms with Gasteiger partial charge in [-0.05, 0) is 54.1 Å². The Morgan fingerprint density at radius 2 is 1.62 bits per heavy atom. The van der Waals surface area contributed by atoms with Gasteiger partial charge < -0.3 is 9.47 Å². The number of nitrogens with zero attached hydrogens (tertiary/aromatic N) is 4. The number of likely N-dealkylation sites (tertiary alicyclic amines) is 1. The summed E-state index contributed by atoms with van der Waals surface area (Å²) in [4.78, 5) is 6.72. The van der Waals surface area contributed by atoms with E-state index in [0.717, 1.165) is 43.7 Å². The number of benzene rings is 3. The van der Waals surface area contributed by atoms with Crippen LogP contribution in [-0.2, 0) is 22.8 Å². The molecule has 5 rings (SSSR count). The summed E-state index contributed by atoms with van der Waals surface area (Å²) in [5, 5.41) is 9.02. The van der Waals surface area contributed by atoms with Crippen LogP contribution in [0.4, 0.5) is 0 Å². The predicted octanol–water partition coefficient (Wildman–Crippen LogP) is 5.30. The molecule has 3 aromatic carbocycles. The summed E-state index contributed by atoms with van der Waals surface area (Å²) in [5.41, 5.74) is 5.17. The molecule has 40 heavy (non-hydrogen) atoms. The fourth-order valence-electron chi connectivity index (χ4n) is 5.77. The molecule has 1 saturated heterocycles. The average molecular weight is 553 g/mol. The minimum Gasteiger partial charge on any atom is -0.330 e. The van der Waals surface area contributed by atoms with Crippen LogP contribution in [0.2, 0.25) is 0 Å². The first-order valence-corrected chi connectivity index (χ1v) is 15.8. The van der Waals surface area contributed by atoms with Gasteiger partial charge in [0.1, 0.15) is 0 Å². The Morgan fingerprint density at radius 1 is 0.950 bits per heavy atom. The van der Waals surface area contributed by atoms with Gasteiger partial charge in [-0.2, -0.15) is 5.26 Å². The first-order chi connectivity index (χ1) is 19.5. The molecule has 1 fully saturated rings. The molecule has 1 aliphatic heterocycles. The summed E-state index contributed by atoms with van der Waals surface area (Å²) >= 11 is 0. The Hall–Kier alpha value is -3.73. The molecule has 0 bridgehead atoms. The van der Waals surface area contributed by atoms with Gasteiger partial charge >= 0.3 is 0 Å². The van der Waals surface area contributed by atoms with Crippen molar-refractivity contribution in [1.29, 1.82) is 5.26 Å². The highest BCUT2D eigenvalue weighted by Gasteiger charge is 2.27. The molecule has 206 valence electrons. The maximum atomic E-state index is 13.2. The molecule has 2 heterocycles. The lowest BCUT2D eigenvalue weighted by molar-refractivity contribution is 0.180. The van der Waals surface area contributed by atoms with Crippen molar-refractivity contribution in [3.05, 3.63) is 125 Å². The topological polar surface area (TPSA) is 79.0 Å². The van der Waals surface area contributed by atoms with E-state index in [9.17, 15) is 8.42 Å². The molecule has 0 aliphatic carbocycles. The molecule has 1 atom stereocenters. The van der Waals surface area contributed by atoms with Crippen molar-refractivity contribution in [3.8, 4) is 6.07 Å². The van der Waals surface area contributed by atoms with Gasteiger partial charge in [-0.3, -0.25) is 0 Å². The van der Waals surface area contributed by atoms with E-state index < -0.39 is 9.84 Å². The second-order valence-corrected chi connectivity index (χ2v) is 13.1. The largest absolute Gasteiger partial charge is 0.330 e. The minimum atomic E-state index is -3.22. The fraction of sp³-hybridized carbons (Fsp3) is 0.333. The number of rotatable bonds is 11. The molecule has 0 N–H and O–H groups in total. The first kappa shape index (κ1) is 27.8. The van der Waals surface area contributed by atoms with Crippen molar-refractivity contribution in [2.45, 2.75) is 31.7 Å². The first-order valence-electron chi connectivity index (χ1n) is 14.0. The fourth-order valence-corrected chi connectivity index (χ4v) is 7.45. The van der Waals surface area contributed by atoms with Crippen LogP contribution in [0.15, 0.2) is 97.5 Å². The van der Waals surface area contributed by atoms with Gasteiger partial charge in [0.2, 0.25) is 0 Å². The Balaban J connectivity index is 1.18. The van der Waals surface area contributed by atoms with E-state index in [1.54, 1.807) is 24.7 Å². The van der Waals surface area contributed by atoms with Crippen LogP contribution in [0.25, 0.3) is 0 Å². The molecule has 0 saturated carbocycles. The highest BCUT2D eigenvalue weighted by molar-refractivity contribution is 7.91. The molecule has 1 aliphatic rings. The highest BCUT2D eigenvalue weighted by Crippen LogP contribution is 2.28. The third-order valence-electron chi connectivity index (χ3n) is 7.84. The van der Waals surface area contributed by atoms with E-state index in [0.29, 0.717) is 18.5 Å². The molecule has 7 heteroatoms. The summed E-state index contributed by atoms with van der Waals surface area (Å²) in [7, 11) is -3.22. The van der Waals surface area contributed by atoms with Gasteiger partial charge in [-0.25, -0.2) is 13.4 Å². The maximum Gasteiger partial charge on any atom is 0.151 e. The van der Waals surface area contributed by atoms with Gasteiger partial charge in [0, 0.05) is 43.9 Å². The number of hydrogen-bond acceptors (Lipinski definition) is 5. The lowest BCUT2D eigenvalue weighted by Crippen LogP contribution is -2.40. The Morgan fingerprint density at radius 3 is 2.27 bits per heavy atom. The van der Waals surface area contributed by atoms with Crippen molar-refractivity contribution in [1.82, 2.24) is 14.5 Å². The lowest BCUT2D eigenvalue weighted by atomic mass is 9.89. The molecule has 1 aromatic heterocycles. The second-order valence-electron chi connectivity index (χ2n) is 10.8. The summed E-state index contributed by atoms with van der Waals surface area (Å²) < 4.78 is 28.4. The van der Waals surface area contributed by atoms with Crippen LogP contribution in [0.5, 0.6) is 0 Å². The van der Waals surface area contributed by atoms with Gasteiger partial charge in [-0.15, -0.1) is 0 Å². The zero-order valence-corrected chi connectivity index (χ0v) is 23.6. The molecule has 6 nitrogen and oxygen atoms in total. The third-order valence-corrected chi connectivity index (χ3v) is 9.65. The van der Waals surface area contributed by atoms with E-state index in [1.165, 1.54) is 11.1 Å². The monoisotopic (exact) mass is 552 g/mol. The zero-order chi connectivity index (χ0) is 27.8. The van der Waals surface area contributed by atoms with Crippen LogP contribution in [-0.4, -0.2) is 54.0 Å². The van der Waals surface area contributed by atoms with Crippen LogP contribution in [0, 0.1) is 17.2 Å². The Labute approximate surface area is 237 Å². The van der Waals surface area contributed by atoms with Crippen molar-refractivity contribution in [2.24, 2.45) is 5.92 Å². The van der Waals surface area contributed by atoms with Crippen molar-refractivity contribution >= 4 is 9.84 Å². The second kappa shape index (κ2) is 13.1. The molecule has 0 spiro atoms. The van der Waals surface area contributed by atoms with E-state index in [2.05, 4.69) is 64.5 Å². The van der Waals surface area contributed by atoms with Crippen molar-refractivity contribution < 1.29 is 8.42 Å². The minimum absolute atomic E-state index is 0.124. The third kappa shape index (κ3) is 7.47. The smallest absolute Gasteiger partial charge is 0.151 e. The van der Waals surface area contributed by atoms with Gasteiger partial charge in [-0.1, -0.05) is 72.8 Å². The predicted molar refractivity (Wildman–Crippen MR) is 159 cm³/mol. The zero-order valence-electron chi connectivity index (χ0n) is 22.8. The standard InChI is InChI=1S/C33H36N4O2S/c34-20-27-13-15-28(16-14-27)23-37-26-35-21-32(37)17-19-40(38,39)25-29-8-7-18-36(22-29)24-33(30-9-3-1-4-10-30)31-11-5-2-6-12-31/h1-6,9-16,21,26,29,33H,7-8,17-19,22-25H2. The van der Waals surface area contributed by atoms with E-state index >= 15 is 0 Å². The Kier molecular flexibility index (Phi) is 9.10. The summed E-state index contributed by atoms with van der Waals surface area (Å²) in [6.07, 6.45) is 5.92. The quantitative estimate of drug-likeness (QED) is 0.252. The van der Waals surface area contributed by atoms with Crippen LogP contribution in [0.3, 0.4) is 0 Å². The molecule has 1 unspecified atom stereocenters. The van der Waals surface area contributed by atoms with E-state index in [4.69, 9.17) is 5.26 Å². The van der Waals surface area contributed by atoms with Crippen LogP contribution < -0.4 is 0 Å². The number of piperidine rings is 1. The normalized spacial score (nSPS) is 16.1. The molecule has 0 radical (unpaired) electrons. The molecular formula is C33H36N4O2S. The number of imidazole rings is 1. The average Bonchev–Trinajstić information content (AvgIpc) is 3.43. The number of sulfone groups is 1. The van der Waals surface area contributed by atoms with Crippen molar-refractivity contribution in [2.75, 3.05) is 31.1 Å². The van der Waals surface area contributed by atoms with Gasteiger partial charge in [0.25, 0.3) is 0 Å². The molecule has 4 aromatic rings. The van der Waals surface area contributed by atoms with Crippen LogP contribution >= 0.6 is 0 Å². The Bertz CT molecular complexity index is 1470. The van der Waals surface area contributed by atoms with Crippen LogP contribution in [0.1, 0.15) is 46.7 Å². The lowest BCUT2D eigenvalue weighted by Gasteiger charge is -2.35. The number of aromatic nitrogens is 2. The number of aryl methyl sites for hydroxylation is 1. The SMILES string of the molecule is N#Cc1ccc(Cn2cncc2CCS(=O)(=O)CC2CCCN(CC(c3ccccc3)c3ccccc3)C2)cc1.